The van der Waals surface area contributed by atoms with E-state index >= 15 is 0 Å². The van der Waals surface area contributed by atoms with Gasteiger partial charge in [0.15, 0.2) is 0 Å². The maximum atomic E-state index is 7.40. The van der Waals surface area contributed by atoms with Crippen LogP contribution in [0, 0.1) is 11.3 Å². The first-order valence-electron chi connectivity index (χ1n) is 5.61. The Hall–Kier alpha value is -0.370. The quantitative estimate of drug-likeness (QED) is 0.584. The zero-order valence-corrected chi connectivity index (χ0v) is 8.68. The summed E-state index contributed by atoms with van der Waals surface area (Å²) < 4.78 is 0. The SMILES string of the molecule is CCCCCCCCC1C(=N)C1N. The molecule has 2 nitrogen and oxygen atoms in total. The Morgan fingerprint density at radius 1 is 1.15 bits per heavy atom. The monoisotopic (exact) mass is 182 g/mol. The summed E-state index contributed by atoms with van der Waals surface area (Å²) in [6, 6.07) is 0.121. The standard InChI is InChI=1S/C11H22N2/c1-2-3-4-5-6-7-8-9-10(12)11(9)13/h9-10,13H,2-8,12H2,1H3. The number of unbranched alkanes of at least 4 members (excludes halogenated alkanes) is 5. The molecular formula is C11H22N2. The van der Waals surface area contributed by atoms with E-state index < -0.39 is 0 Å². The van der Waals surface area contributed by atoms with Crippen molar-refractivity contribution in [3.63, 3.8) is 0 Å². The molecule has 0 spiro atoms. The van der Waals surface area contributed by atoms with Gasteiger partial charge in [-0.3, -0.25) is 0 Å². The number of nitrogens with one attached hydrogen (secondary N) is 1. The van der Waals surface area contributed by atoms with Gasteiger partial charge in [-0.1, -0.05) is 45.4 Å². The molecule has 0 aliphatic heterocycles. The fourth-order valence-electron chi connectivity index (χ4n) is 1.82. The molecule has 1 saturated carbocycles. The summed E-state index contributed by atoms with van der Waals surface area (Å²) in [5, 5.41) is 7.40. The van der Waals surface area contributed by atoms with Crippen LogP contribution in [-0.2, 0) is 0 Å². The van der Waals surface area contributed by atoms with Crippen LogP contribution in [0.1, 0.15) is 51.9 Å². The second-order valence-corrected chi connectivity index (χ2v) is 4.14. The lowest BCUT2D eigenvalue weighted by Gasteiger charge is -1.98. The minimum atomic E-state index is 0.121. The third-order valence-electron chi connectivity index (χ3n) is 2.95. The highest BCUT2D eigenvalue weighted by molar-refractivity contribution is 6.05. The van der Waals surface area contributed by atoms with Crippen LogP contribution < -0.4 is 5.73 Å². The smallest absolute Gasteiger partial charge is 0.0508 e. The summed E-state index contributed by atoms with van der Waals surface area (Å²) in [6.45, 7) is 2.24. The molecule has 13 heavy (non-hydrogen) atoms. The molecule has 2 heteroatoms. The first-order chi connectivity index (χ1) is 6.27. The summed E-state index contributed by atoms with van der Waals surface area (Å²) >= 11 is 0. The number of nitrogens with two attached hydrogens (primary N) is 1. The number of hydrogen-bond donors (Lipinski definition) is 2. The molecule has 1 fully saturated rings. The van der Waals surface area contributed by atoms with Crippen LogP contribution in [0.5, 0.6) is 0 Å². The molecule has 0 bridgehead atoms. The highest BCUT2D eigenvalue weighted by Crippen LogP contribution is 2.29. The Bertz CT molecular complexity index is 165. The van der Waals surface area contributed by atoms with Crippen LogP contribution in [0.4, 0.5) is 0 Å². The van der Waals surface area contributed by atoms with Crippen molar-refractivity contribution in [2.24, 2.45) is 11.7 Å². The molecule has 1 rings (SSSR count). The van der Waals surface area contributed by atoms with E-state index in [4.69, 9.17) is 11.1 Å². The molecule has 2 unspecified atom stereocenters. The van der Waals surface area contributed by atoms with Gasteiger partial charge in [0.05, 0.1) is 6.04 Å². The highest BCUT2D eigenvalue weighted by Gasteiger charge is 2.40. The number of rotatable bonds is 7. The third kappa shape index (κ3) is 3.47. The second-order valence-electron chi connectivity index (χ2n) is 4.14. The fraction of sp³-hybridized carbons (Fsp3) is 0.909. The van der Waals surface area contributed by atoms with Gasteiger partial charge in [0.25, 0.3) is 0 Å². The first-order valence-corrected chi connectivity index (χ1v) is 5.61. The van der Waals surface area contributed by atoms with Crippen molar-refractivity contribution in [3.8, 4) is 0 Å². The third-order valence-corrected chi connectivity index (χ3v) is 2.95. The lowest BCUT2D eigenvalue weighted by Crippen LogP contribution is -2.02. The lowest BCUT2D eigenvalue weighted by molar-refractivity contribution is 0.569. The Kier molecular flexibility index (Phi) is 4.43. The van der Waals surface area contributed by atoms with Gasteiger partial charge in [-0.15, -0.1) is 0 Å². The predicted molar refractivity (Wildman–Crippen MR) is 57.2 cm³/mol. The van der Waals surface area contributed by atoms with Crippen molar-refractivity contribution < 1.29 is 0 Å². The summed E-state index contributed by atoms with van der Waals surface area (Å²) in [6.07, 6.45) is 9.19. The molecule has 3 N–H and O–H groups in total. The molecule has 2 atom stereocenters. The molecular weight excluding hydrogens is 160 g/mol. The maximum Gasteiger partial charge on any atom is 0.0508 e. The lowest BCUT2D eigenvalue weighted by atomic mass is 10.1. The molecule has 0 heterocycles. The van der Waals surface area contributed by atoms with Gasteiger partial charge in [0.2, 0.25) is 0 Å². The molecule has 1 aliphatic carbocycles. The highest BCUT2D eigenvalue weighted by atomic mass is 14.8. The fourth-order valence-corrected chi connectivity index (χ4v) is 1.82. The molecule has 0 aromatic heterocycles. The first kappa shape index (κ1) is 10.7. The zero-order chi connectivity index (χ0) is 9.68. The predicted octanol–water partition coefficient (Wildman–Crippen LogP) is 2.71. The van der Waals surface area contributed by atoms with E-state index in [2.05, 4.69) is 6.92 Å². The van der Waals surface area contributed by atoms with E-state index in [-0.39, 0.29) is 6.04 Å². The van der Waals surface area contributed by atoms with Crippen molar-refractivity contribution >= 4 is 5.71 Å². The Labute approximate surface area is 81.4 Å². The average Bonchev–Trinajstić information content (AvgIpc) is 2.68. The van der Waals surface area contributed by atoms with Crippen LogP contribution >= 0.6 is 0 Å². The maximum absolute atomic E-state index is 7.40. The van der Waals surface area contributed by atoms with Gasteiger partial charge in [0.1, 0.15) is 0 Å². The molecule has 1 aliphatic rings. The van der Waals surface area contributed by atoms with Gasteiger partial charge in [0, 0.05) is 11.6 Å². The van der Waals surface area contributed by atoms with E-state index in [1.54, 1.807) is 0 Å². The molecule has 76 valence electrons. The van der Waals surface area contributed by atoms with Gasteiger partial charge in [-0.05, 0) is 6.42 Å². The van der Waals surface area contributed by atoms with Crippen molar-refractivity contribution in [1.82, 2.24) is 0 Å². The molecule has 0 radical (unpaired) electrons. The summed E-state index contributed by atoms with van der Waals surface area (Å²) in [4.78, 5) is 0. The van der Waals surface area contributed by atoms with Crippen LogP contribution in [0.2, 0.25) is 0 Å². The van der Waals surface area contributed by atoms with Gasteiger partial charge < -0.3 is 11.1 Å². The van der Waals surface area contributed by atoms with Crippen molar-refractivity contribution in [2.75, 3.05) is 0 Å². The second kappa shape index (κ2) is 5.38. The van der Waals surface area contributed by atoms with Gasteiger partial charge in [-0.25, -0.2) is 0 Å². The van der Waals surface area contributed by atoms with Gasteiger partial charge in [-0.2, -0.15) is 0 Å². The van der Waals surface area contributed by atoms with Crippen molar-refractivity contribution in [2.45, 2.75) is 57.9 Å². The Morgan fingerprint density at radius 3 is 2.23 bits per heavy atom. The minimum absolute atomic E-state index is 0.121. The summed E-state index contributed by atoms with van der Waals surface area (Å²) in [5.74, 6) is 0.450. The van der Waals surface area contributed by atoms with E-state index in [0.717, 1.165) is 12.1 Å². The number of hydrogen-bond acceptors (Lipinski definition) is 2. The van der Waals surface area contributed by atoms with E-state index in [1.807, 2.05) is 0 Å². The molecule has 0 aromatic carbocycles. The van der Waals surface area contributed by atoms with Crippen molar-refractivity contribution in [3.05, 3.63) is 0 Å². The molecule has 0 aromatic rings. The van der Waals surface area contributed by atoms with Crippen molar-refractivity contribution in [1.29, 1.82) is 5.41 Å². The van der Waals surface area contributed by atoms with Crippen LogP contribution in [0.15, 0.2) is 0 Å². The van der Waals surface area contributed by atoms with E-state index in [1.165, 1.54) is 38.5 Å². The Balaban J connectivity index is 1.83. The van der Waals surface area contributed by atoms with E-state index in [0.29, 0.717) is 5.92 Å². The molecule has 0 saturated heterocycles. The van der Waals surface area contributed by atoms with Crippen LogP contribution in [0.3, 0.4) is 0 Å². The largest absolute Gasteiger partial charge is 0.322 e. The summed E-state index contributed by atoms with van der Waals surface area (Å²) in [7, 11) is 0. The van der Waals surface area contributed by atoms with Crippen LogP contribution in [0.25, 0.3) is 0 Å². The van der Waals surface area contributed by atoms with Crippen LogP contribution in [-0.4, -0.2) is 11.8 Å². The topological polar surface area (TPSA) is 49.9 Å². The van der Waals surface area contributed by atoms with Gasteiger partial charge >= 0.3 is 0 Å². The zero-order valence-electron chi connectivity index (χ0n) is 8.68. The van der Waals surface area contributed by atoms with E-state index in [9.17, 15) is 0 Å². The summed E-state index contributed by atoms with van der Waals surface area (Å²) in [5.41, 5.74) is 6.43. The Morgan fingerprint density at radius 2 is 1.69 bits per heavy atom. The molecule has 0 amide bonds. The minimum Gasteiger partial charge on any atom is -0.322 e. The average molecular weight is 182 g/mol. The normalized spacial score (nSPS) is 26.5.